The lowest BCUT2D eigenvalue weighted by Crippen LogP contribution is -2.31. The molecule has 1 aromatic carbocycles. The zero-order valence-corrected chi connectivity index (χ0v) is 12.3. The Morgan fingerprint density at radius 1 is 1.29 bits per heavy atom. The first-order chi connectivity index (χ1) is 10.1. The number of nitrogens with zero attached hydrogens (tertiary/aromatic N) is 1. The van der Waals surface area contributed by atoms with Crippen LogP contribution in [0.15, 0.2) is 28.8 Å². The number of aromatic nitrogens is 1. The van der Waals surface area contributed by atoms with Crippen LogP contribution in [-0.4, -0.2) is 17.1 Å². The maximum atomic E-state index is 12.1. The Morgan fingerprint density at radius 2 is 2.10 bits per heavy atom. The highest BCUT2D eigenvalue weighted by Crippen LogP contribution is 2.25. The number of fused-ring (bicyclic) bond motifs is 1. The average Bonchev–Trinajstić information content (AvgIpc) is 3.07. The predicted octanol–water partition coefficient (Wildman–Crippen LogP) is 2.91. The molecule has 0 saturated carbocycles. The van der Waals surface area contributed by atoms with Gasteiger partial charge in [0.05, 0.1) is 5.69 Å². The SMILES string of the molecule is Cc1cc(NC(=O)[C@H](C)Nc2ccc3c(c2)CCC3)on1. The van der Waals surface area contributed by atoms with E-state index >= 15 is 0 Å². The molecule has 1 heterocycles. The van der Waals surface area contributed by atoms with Crippen LogP contribution in [0.1, 0.15) is 30.2 Å². The number of amides is 1. The van der Waals surface area contributed by atoms with Crippen LogP contribution in [0.3, 0.4) is 0 Å². The van der Waals surface area contributed by atoms with E-state index in [1.165, 1.54) is 17.5 Å². The number of aryl methyl sites for hydroxylation is 3. The number of benzene rings is 1. The molecule has 0 bridgehead atoms. The van der Waals surface area contributed by atoms with Gasteiger partial charge >= 0.3 is 0 Å². The number of rotatable bonds is 4. The Morgan fingerprint density at radius 3 is 2.86 bits per heavy atom. The van der Waals surface area contributed by atoms with Gasteiger partial charge in [0.1, 0.15) is 6.04 Å². The summed E-state index contributed by atoms with van der Waals surface area (Å²) in [6.07, 6.45) is 3.51. The van der Waals surface area contributed by atoms with Crippen LogP contribution in [0.5, 0.6) is 0 Å². The molecule has 0 fully saturated rings. The summed E-state index contributed by atoms with van der Waals surface area (Å²) in [6.45, 7) is 3.64. The van der Waals surface area contributed by atoms with E-state index in [2.05, 4.69) is 27.9 Å². The highest BCUT2D eigenvalue weighted by Gasteiger charge is 2.16. The largest absolute Gasteiger partial charge is 0.374 e. The van der Waals surface area contributed by atoms with Crippen LogP contribution in [0.25, 0.3) is 0 Å². The van der Waals surface area contributed by atoms with E-state index in [9.17, 15) is 4.79 Å². The fraction of sp³-hybridized carbons (Fsp3) is 0.375. The second-order valence-corrected chi connectivity index (χ2v) is 5.52. The molecule has 21 heavy (non-hydrogen) atoms. The monoisotopic (exact) mass is 285 g/mol. The zero-order valence-electron chi connectivity index (χ0n) is 12.3. The van der Waals surface area contributed by atoms with E-state index in [0.717, 1.165) is 24.2 Å². The van der Waals surface area contributed by atoms with Crippen LogP contribution in [0, 0.1) is 6.92 Å². The Balaban J connectivity index is 1.62. The lowest BCUT2D eigenvalue weighted by Gasteiger charge is -2.15. The molecule has 0 aliphatic heterocycles. The van der Waals surface area contributed by atoms with Crippen molar-refractivity contribution < 1.29 is 9.32 Å². The molecule has 2 aromatic rings. The van der Waals surface area contributed by atoms with Crippen LogP contribution >= 0.6 is 0 Å². The zero-order chi connectivity index (χ0) is 14.8. The second-order valence-electron chi connectivity index (χ2n) is 5.52. The van der Waals surface area contributed by atoms with Crippen molar-refractivity contribution in [3.8, 4) is 0 Å². The van der Waals surface area contributed by atoms with Gasteiger partial charge in [-0.2, -0.15) is 0 Å². The van der Waals surface area contributed by atoms with E-state index in [4.69, 9.17) is 4.52 Å². The van der Waals surface area contributed by atoms with Gasteiger partial charge in [0.2, 0.25) is 11.8 Å². The van der Waals surface area contributed by atoms with Gasteiger partial charge in [-0.15, -0.1) is 0 Å². The molecule has 3 rings (SSSR count). The Labute approximate surface area is 123 Å². The van der Waals surface area contributed by atoms with Gasteiger partial charge in [-0.25, -0.2) is 0 Å². The van der Waals surface area contributed by atoms with Gasteiger partial charge < -0.3 is 9.84 Å². The molecule has 1 aliphatic carbocycles. The lowest BCUT2D eigenvalue weighted by molar-refractivity contribution is -0.116. The summed E-state index contributed by atoms with van der Waals surface area (Å²) in [5.41, 5.74) is 4.53. The van der Waals surface area contributed by atoms with E-state index in [0.29, 0.717) is 5.88 Å². The van der Waals surface area contributed by atoms with Gasteiger partial charge in [-0.3, -0.25) is 10.1 Å². The molecule has 5 nitrogen and oxygen atoms in total. The Hall–Kier alpha value is -2.30. The number of carbonyl (C=O) groups is 1. The maximum absolute atomic E-state index is 12.1. The molecule has 1 amide bonds. The van der Waals surface area contributed by atoms with E-state index in [-0.39, 0.29) is 11.9 Å². The van der Waals surface area contributed by atoms with Crippen LogP contribution in [0.4, 0.5) is 11.6 Å². The number of anilines is 2. The molecule has 1 atom stereocenters. The van der Waals surface area contributed by atoms with Crippen molar-refractivity contribution in [2.24, 2.45) is 0 Å². The van der Waals surface area contributed by atoms with Crippen LogP contribution in [0.2, 0.25) is 0 Å². The molecular weight excluding hydrogens is 266 g/mol. The lowest BCUT2D eigenvalue weighted by atomic mass is 10.1. The van der Waals surface area contributed by atoms with Crippen LogP contribution in [-0.2, 0) is 17.6 Å². The third-order valence-corrected chi connectivity index (χ3v) is 3.75. The summed E-state index contributed by atoms with van der Waals surface area (Å²) < 4.78 is 4.99. The molecule has 5 heteroatoms. The Kier molecular flexibility index (Phi) is 3.64. The van der Waals surface area contributed by atoms with Crippen molar-refractivity contribution in [3.63, 3.8) is 0 Å². The van der Waals surface area contributed by atoms with Crippen molar-refractivity contribution in [2.45, 2.75) is 39.2 Å². The Bertz CT molecular complexity index is 663. The van der Waals surface area contributed by atoms with E-state index in [1.54, 1.807) is 6.07 Å². The molecule has 0 unspecified atom stereocenters. The van der Waals surface area contributed by atoms with Crippen molar-refractivity contribution in [1.29, 1.82) is 0 Å². The highest BCUT2D eigenvalue weighted by molar-refractivity contribution is 5.95. The molecule has 0 spiro atoms. The molecule has 1 aromatic heterocycles. The molecule has 0 saturated heterocycles. The minimum atomic E-state index is -0.352. The van der Waals surface area contributed by atoms with E-state index in [1.807, 2.05) is 19.9 Å². The summed E-state index contributed by atoms with van der Waals surface area (Å²) in [4.78, 5) is 12.1. The van der Waals surface area contributed by atoms with Gasteiger partial charge in [-0.05, 0) is 56.4 Å². The summed E-state index contributed by atoms with van der Waals surface area (Å²) in [7, 11) is 0. The van der Waals surface area contributed by atoms with Crippen LogP contribution < -0.4 is 10.6 Å². The van der Waals surface area contributed by atoms with Gasteiger partial charge in [0.15, 0.2) is 0 Å². The van der Waals surface area contributed by atoms with Crippen molar-refractivity contribution in [1.82, 2.24) is 5.16 Å². The summed E-state index contributed by atoms with van der Waals surface area (Å²) >= 11 is 0. The highest BCUT2D eigenvalue weighted by atomic mass is 16.5. The van der Waals surface area contributed by atoms with Crippen molar-refractivity contribution >= 4 is 17.5 Å². The minimum absolute atomic E-state index is 0.147. The van der Waals surface area contributed by atoms with Gasteiger partial charge in [0, 0.05) is 11.8 Å². The number of hydrogen-bond acceptors (Lipinski definition) is 4. The normalized spacial score (nSPS) is 14.6. The quantitative estimate of drug-likeness (QED) is 0.906. The number of carbonyl (C=O) groups excluding carboxylic acids is 1. The minimum Gasteiger partial charge on any atom is -0.374 e. The standard InChI is InChI=1S/C16H19N3O2/c1-10-8-15(21-19-10)18-16(20)11(2)17-14-7-6-12-4-3-5-13(12)9-14/h6-9,11,17H,3-5H2,1-2H3,(H,18,20)/t11-/m0/s1. The third-order valence-electron chi connectivity index (χ3n) is 3.75. The molecule has 110 valence electrons. The molecule has 0 radical (unpaired) electrons. The second kappa shape index (κ2) is 5.60. The number of hydrogen-bond donors (Lipinski definition) is 2. The smallest absolute Gasteiger partial charge is 0.248 e. The summed E-state index contributed by atoms with van der Waals surface area (Å²) in [5.74, 6) is 0.228. The van der Waals surface area contributed by atoms with Crippen molar-refractivity contribution in [2.75, 3.05) is 10.6 Å². The number of nitrogens with one attached hydrogen (secondary N) is 2. The third kappa shape index (κ3) is 3.07. The summed E-state index contributed by atoms with van der Waals surface area (Å²) in [5, 5.41) is 9.67. The average molecular weight is 285 g/mol. The molecule has 2 N–H and O–H groups in total. The van der Waals surface area contributed by atoms with E-state index < -0.39 is 0 Å². The first-order valence-corrected chi connectivity index (χ1v) is 7.24. The fourth-order valence-corrected chi connectivity index (χ4v) is 2.63. The first kappa shape index (κ1) is 13.7. The predicted molar refractivity (Wildman–Crippen MR) is 81.4 cm³/mol. The topological polar surface area (TPSA) is 67.2 Å². The molecular formula is C16H19N3O2. The molecule has 1 aliphatic rings. The first-order valence-electron chi connectivity index (χ1n) is 7.24. The summed E-state index contributed by atoms with van der Waals surface area (Å²) in [6, 6.07) is 7.67. The van der Waals surface area contributed by atoms with Gasteiger partial charge in [-0.1, -0.05) is 11.2 Å². The fourth-order valence-electron chi connectivity index (χ4n) is 2.63. The van der Waals surface area contributed by atoms with Crippen molar-refractivity contribution in [3.05, 3.63) is 41.1 Å². The van der Waals surface area contributed by atoms with Gasteiger partial charge in [0.25, 0.3) is 0 Å². The maximum Gasteiger partial charge on any atom is 0.248 e.